The first kappa shape index (κ1) is 18.9. The lowest BCUT2D eigenvalue weighted by atomic mass is 9.94. The Morgan fingerprint density at radius 1 is 0.966 bits per heavy atom. The molecular weight excluding hydrogens is 364 g/mol. The van der Waals surface area contributed by atoms with Crippen molar-refractivity contribution < 1.29 is 9.53 Å². The molecule has 2 aromatic rings. The Labute approximate surface area is 172 Å². The predicted octanol–water partition coefficient (Wildman–Crippen LogP) is 3.62. The number of aromatic nitrogens is 2. The highest BCUT2D eigenvalue weighted by atomic mass is 16.5. The van der Waals surface area contributed by atoms with E-state index >= 15 is 0 Å². The maximum Gasteiger partial charge on any atom is 0.227 e. The Morgan fingerprint density at radius 3 is 2.59 bits per heavy atom. The van der Waals surface area contributed by atoms with E-state index in [1.165, 1.54) is 37.6 Å². The number of benzene rings is 1. The number of rotatable bonds is 3. The van der Waals surface area contributed by atoms with Crippen LogP contribution in [0.1, 0.15) is 51.0 Å². The lowest BCUT2D eigenvalue weighted by Crippen LogP contribution is -2.49. The summed E-state index contributed by atoms with van der Waals surface area (Å²) in [4.78, 5) is 22.6. The third-order valence-electron chi connectivity index (χ3n) is 6.89. The number of imidazole rings is 1. The summed E-state index contributed by atoms with van der Waals surface area (Å²) in [5.74, 6) is 1.46. The van der Waals surface area contributed by atoms with E-state index in [0.29, 0.717) is 25.2 Å². The molecule has 6 nitrogen and oxygen atoms in total. The molecular formula is C23H32N4O2. The molecule has 3 aliphatic rings. The van der Waals surface area contributed by atoms with E-state index in [1.807, 2.05) is 4.90 Å². The van der Waals surface area contributed by atoms with E-state index in [1.54, 1.807) is 0 Å². The number of para-hydroxylation sites is 2. The van der Waals surface area contributed by atoms with Crippen LogP contribution in [0.5, 0.6) is 0 Å². The van der Waals surface area contributed by atoms with Crippen molar-refractivity contribution in [1.29, 1.82) is 0 Å². The summed E-state index contributed by atoms with van der Waals surface area (Å²) in [5, 5.41) is 0. The molecule has 5 rings (SSSR count). The number of ether oxygens (including phenoxy) is 1. The second-order valence-corrected chi connectivity index (χ2v) is 8.79. The van der Waals surface area contributed by atoms with E-state index in [2.05, 4.69) is 33.7 Å². The predicted molar refractivity (Wildman–Crippen MR) is 114 cm³/mol. The highest BCUT2D eigenvalue weighted by Gasteiger charge is 2.33. The fourth-order valence-corrected chi connectivity index (χ4v) is 5.36. The summed E-state index contributed by atoms with van der Waals surface area (Å²) in [6.07, 6.45) is 8.45. The van der Waals surface area contributed by atoms with Gasteiger partial charge in [-0.1, -0.05) is 31.4 Å². The van der Waals surface area contributed by atoms with Crippen LogP contribution >= 0.6 is 0 Å². The van der Waals surface area contributed by atoms with Gasteiger partial charge in [-0.3, -0.25) is 4.79 Å². The molecule has 156 valence electrons. The summed E-state index contributed by atoms with van der Waals surface area (Å²) in [6, 6.07) is 9.06. The van der Waals surface area contributed by atoms with E-state index < -0.39 is 0 Å². The molecule has 3 fully saturated rings. The van der Waals surface area contributed by atoms with Crippen LogP contribution < -0.4 is 4.90 Å². The van der Waals surface area contributed by atoms with Gasteiger partial charge in [0.2, 0.25) is 11.9 Å². The van der Waals surface area contributed by atoms with Crippen LogP contribution in [0.15, 0.2) is 24.3 Å². The zero-order chi connectivity index (χ0) is 19.6. The van der Waals surface area contributed by atoms with Crippen LogP contribution in [0.2, 0.25) is 0 Å². The normalized spacial score (nSPS) is 24.2. The zero-order valence-corrected chi connectivity index (χ0v) is 17.3. The van der Waals surface area contributed by atoms with Crippen molar-refractivity contribution >= 4 is 22.9 Å². The molecule has 1 amide bonds. The third kappa shape index (κ3) is 3.75. The van der Waals surface area contributed by atoms with Gasteiger partial charge < -0.3 is 19.1 Å². The minimum atomic E-state index is 0.0708. The second kappa shape index (κ2) is 8.34. The van der Waals surface area contributed by atoms with Crippen molar-refractivity contribution in [2.24, 2.45) is 5.92 Å². The quantitative estimate of drug-likeness (QED) is 0.795. The summed E-state index contributed by atoms with van der Waals surface area (Å²) >= 11 is 0. The average molecular weight is 397 g/mol. The molecule has 1 saturated carbocycles. The molecule has 0 radical (unpaired) electrons. The van der Waals surface area contributed by atoms with Gasteiger partial charge in [0.05, 0.1) is 30.2 Å². The molecule has 0 bridgehead atoms. The number of piperidine rings is 1. The Kier molecular flexibility index (Phi) is 5.44. The van der Waals surface area contributed by atoms with Gasteiger partial charge >= 0.3 is 0 Å². The molecule has 2 saturated heterocycles. The first-order chi connectivity index (χ1) is 14.3. The molecule has 0 N–H and O–H groups in total. The number of amides is 1. The largest absolute Gasteiger partial charge is 0.378 e. The first-order valence-electron chi connectivity index (χ1n) is 11.4. The molecule has 1 aromatic carbocycles. The third-order valence-corrected chi connectivity index (χ3v) is 6.89. The smallest absolute Gasteiger partial charge is 0.227 e. The van der Waals surface area contributed by atoms with E-state index in [0.717, 1.165) is 50.5 Å². The van der Waals surface area contributed by atoms with Crippen molar-refractivity contribution in [1.82, 2.24) is 14.5 Å². The van der Waals surface area contributed by atoms with Gasteiger partial charge in [0, 0.05) is 32.2 Å². The SMILES string of the molecule is O=C([C@H]1CCCN(c2nc3ccccc3n2C2CCCCC2)C1)N1CCOCC1. The Balaban J connectivity index is 1.43. The zero-order valence-electron chi connectivity index (χ0n) is 17.3. The van der Waals surface area contributed by atoms with Crippen LogP contribution in [-0.2, 0) is 9.53 Å². The highest BCUT2D eigenvalue weighted by molar-refractivity contribution is 5.81. The molecule has 1 atom stereocenters. The number of hydrogen-bond donors (Lipinski definition) is 0. The second-order valence-electron chi connectivity index (χ2n) is 8.79. The lowest BCUT2D eigenvalue weighted by molar-refractivity contribution is -0.139. The number of hydrogen-bond acceptors (Lipinski definition) is 4. The summed E-state index contributed by atoms with van der Waals surface area (Å²) in [6.45, 7) is 4.57. The van der Waals surface area contributed by atoms with Crippen molar-refractivity contribution in [3.8, 4) is 0 Å². The fraction of sp³-hybridized carbons (Fsp3) is 0.652. The molecule has 0 spiro atoms. The van der Waals surface area contributed by atoms with Gasteiger partial charge in [-0.05, 0) is 37.8 Å². The van der Waals surface area contributed by atoms with E-state index in [9.17, 15) is 4.79 Å². The summed E-state index contributed by atoms with van der Waals surface area (Å²) in [5.41, 5.74) is 2.32. The Bertz CT molecular complexity index is 852. The number of morpholine rings is 1. The molecule has 29 heavy (non-hydrogen) atoms. The number of anilines is 1. The monoisotopic (exact) mass is 396 g/mol. The maximum absolute atomic E-state index is 13.1. The number of fused-ring (bicyclic) bond motifs is 1. The number of carbonyl (C=O) groups excluding carboxylic acids is 1. The number of carbonyl (C=O) groups is 1. The van der Waals surface area contributed by atoms with Crippen LogP contribution in [-0.4, -0.2) is 59.8 Å². The lowest BCUT2D eigenvalue weighted by Gasteiger charge is -2.37. The van der Waals surface area contributed by atoms with Gasteiger partial charge in [0.1, 0.15) is 0 Å². The van der Waals surface area contributed by atoms with Gasteiger partial charge in [-0.25, -0.2) is 4.98 Å². The summed E-state index contributed by atoms with van der Waals surface area (Å²) in [7, 11) is 0. The van der Waals surface area contributed by atoms with Crippen molar-refractivity contribution in [3.63, 3.8) is 0 Å². The molecule has 6 heteroatoms. The topological polar surface area (TPSA) is 50.6 Å². The first-order valence-corrected chi connectivity index (χ1v) is 11.4. The van der Waals surface area contributed by atoms with E-state index in [-0.39, 0.29) is 5.92 Å². The standard InChI is InChI=1S/C23H32N4O2/c28-22(25-13-15-29-16-14-25)18-7-6-12-26(17-18)23-24-20-10-4-5-11-21(20)27(23)19-8-2-1-3-9-19/h4-5,10-11,18-19H,1-3,6-9,12-17H2/t18-/m0/s1. The van der Waals surface area contributed by atoms with Crippen LogP contribution in [0.3, 0.4) is 0 Å². The molecule has 2 aliphatic heterocycles. The average Bonchev–Trinajstić information content (AvgIpc) is 3.19. The van der Waals surface area contributed by atoms with Crippen LogP contribution in [0, 0.1) is 5.92 Å². The molecule has 3 heterocycles. The van der Waals surface area contributed by atoms with Crippen LogP contribution in [0.4, 0.5) is 5.95 Å². The van der Waals surface area contributed by atoms with Crippen molar-refractivity contribution in [3.05, 3.63) is 24.3 Å². The highest BCUT2D eigenvalue weighted by Crippen LogP contribution is 2.36. The molecule has 1 aliphatic carbocycles. The minimum Gasteiger partial charge on any atom is -0.378 e. The number of nitrogens with zero attached hydrogens (tertiary/aromatic N) is 4. The van der Waals surface area contributed by atoms with Crippen LogP contribution in [0.25, 0.3) is 11.0 Å². The molecule has 1 aromatic heterocycles. The van der Waals surface area contributed by atoms with Crippen molar-refractivity contribution in [2.75, 3.05) is 44.3 Å². The van der Waals surface area contributed by atoms with E-state index in [4.69, 9.17) is 9.72 Å². The fourth-order valence-electron chi connectivity index (χ4n) is 5.36. The van der Waals surface area contributed by atoms with Gasteiger partial charge in [0.25, 0.3) is 0 Å². The van der Waals surface area contributed by atoms with Gasteiger partial charge in [-0.15, -0.1) is 0 Å². The molecule has 0 unspecified atom stereocenters. The maximum atomic E-state index is 13.1. The Hall–Kier alpha value is -2.08. The Morgan fingerprint density at radius 2 is 1.76 bits per heavy atom. The van der Waals surface area contributed by atoms with Gasteiger partial charge in [0.15, 0.2) is 0 Å². The van der Waals surface area contributed by atoms with Crippen molar-refractivity contribution in [2.45, 2.75) is 51.0 Å². The summed E-state index contributed by atoms with van der Waals surface area (Å²) < 4.78 is 7.92. The minimum absolute atomic E-state index is 0.0708. The van der Waals surface area contributed by atoms with Gasteiger partial charge in [-0.2, -0.15) is 0 Å².